The molecule has 3 aromatic carbocycles. The maximum Gasteiger partial charge on any atom is 0.266 e. The highest BCUT2D eigenvalue weighted by molar-refractivity contribution is 5.92. The topological polar surface area (TPSA) is 49.0 Å². The first-order valence-corrected chi connectivity index (χ1v) is 10.0. The molecular weight excluding hydrogens is 386 g/mol. The molecule has 0 unspecified atom stereocenters. The standard InChI is InChI=1S/C26H21N3O2/c1-28-17-18(21-7-4-6-10-24(21)28)11-16-25-27-23-9-5-3-8-22(23)26(30)29(25)19-12-14-20(31-2)15-13-19/h3-17H,1-2H3. The van der Waals surface area contributed by atoms with E-state index in [4.69, 9.17) is 9.72 Å². The third-order valence-corrected chi connectivity index (χ3v) is 5.47. The molecule has 0 saturated carbocycles. The highest BCUT2D eigenvalue weighted by atomic mass is 16.5. The second kappa shape index (κ2) is 7.61. The highest BCUT2D eigenvalue weighted by Crippen LogP contribution is 2.23. The third-order valence-electron chi connectivity index (χ3n) is 5.47. The van der Waals surface area contributed by atoms with Gasteiger partial charge < -0.3 is 9.30 Å². The molecule has 0 N–H and O–H groups in total. The maximum absolute atomic E-state index is 13.4. The van der Waals surface area contributed by atoms with Crippen LogP contribution in [-0.4, -0.2) is 21.2 Å². The molecule has 152 valence electrons. The molecule has 0 radical (unpaired) electrons. The third kappa shape index (κ3) is 3.30. The van der Waals surface area contributed by atoms with Crippen LogP contribution in [0.1, 0.15) is 11.4 Å². The Bertz CT molecular complexity index is 1490. The van der Waals surface area contributed by atoms with Crippen molar-refractivity contribution < 1.29 is 4.74 Å². The Morgan fingerprint density at radius 3 is 2.35 bits per heavy atom. The van der Waals surface area contributed by atoms with Crippen LogP contribution < -0.4 is 10.3 Å². The number of nitrogens with zero attached hydrogens (tertiary/aromatic N) is 3. The van der Waals surface area contributed by atoms with Gasteiger partial charge in [-0.05, 0) is 54.6 Å². The lowest BCUT2D eigenvalue weighted by molar-refractivity contribution is 0.414. The monoisotopic (exact) mass is 407 g/mol. The number of benzene rings is 3. The summed E-state index contributed by atoms with van der Waals surface area (Å²) in [5, 5.41) is 1.74. The zero-order chi connectivity index (χ0) is 21.4. The summed E-state index contributed by atoms with van der Waals surface area (Å²) >= 11 is 0. The molecule has 5 heteroatoms. The molecule has 5 aromatic rings. The summed E-state index contributed by atoms with van der Waals surface area (Å²) in [5.74, 6) is 1.31. The van der Waals surface area contributed by atoms with Crippen molar-refractivity contribution >= 4 is 34.0 Å². The van der Waals surface area contributed by atoms with Crippen LogP contribution in [0.25, 0.3) is 39.6 Å². The van der Waals surface area contributed by atoms with E-state index in [1.807, 2.05) is 79.9 Å². The normalized spacial score (nSPS) is 11.5. The second-order valence-electron chi connectivity index (χ2n) is 7.37. The molecule has 5 nitrogen and oxygen atoms in total. The van der Waals surface area contributed by atoms with Crippen LogP contribution in [0.5, 0.6) is 5.75 Å². The summed E-state index contributed by atoms with van der Waals surface area (Å²) in [6, 6.07) is 23.1. The van der Waals surface area contributed by atoms with Crippen molar-refractivity contribution in [3.63, 3.8) is 0 Å². The zero-order valence-corrected chi connectivity index (χ0v) is 17.3. The molecule has 0 bridgehead atoms. The van der Waals surface area contributed by atoms with Crippen LogP contribution in [0.4, 0.5) is 0 Å². The Morgan fingerprint density at radius 1 is 0.871 bits per heavy atom. The molecule has 2 heterocycles. The van der Waals surface area contributed by atoms with Crippen molar-refractivity contribution in [1.82, 2.24) is 14.1 Å². The minimum Gasteiger partial charge on any atom is -0.497 e. The van der Waals surface area contributed by atoms with E-state index in [9.17, 15) is 4.79 Å². The van der Waals surface area contributed by atoms with Crippen molar-refractivity contribution in [3.8, 4) is 11.4 Å². The highest BCUT2D eigenvalue weighted by Gasteiger charge is 2.12. The van der Waals surface area contributed by atoms with Crippen molar-refractivity contribution in [2.75, 3.05) is 7.11 Å². The van der Waals surface area contributed by atoms with Crippen molar-refractivity contribution in [2.24, 2.45) is 7.05 Å². The number of fused-ring (bicyclic) bond motifs is 2. The van der Waals surface area contributed by atoms with Crippen molar-refractivity contribution in [1.29, 1.82) is 0 Å². The number of methoxy groups -OCH3 is 1. The Labute approximate surface area is 179 Å². The smallest absolute Gasteiger partial charge is 0.266 e. The Kier molecular flexibility index (Phi) is 4.64. The van der Waals surface area contributed by atoms with Gasteiger partial charge in [0.25, 0.3) is 5.56 Å². The lowest BCUT2D eigenvalue weighted by atomic mass is 10.1. The largest absolute Gasteiger partial charge is 0.497 e. The Balaban J connectivity index is 1.71. The van der Waals surface area contributed by atoms with Gasteiger partial charge in [-0.1, -0.05) is 30.3 Å². The fourth-order valence-corrected chi connectivity index (χ4v) is 3.91. The second-order valence-corrected chi connectivity index (χ2v) is 7.37. The van der Waals surface area contributed by atoms with Crippen LogP contribution in [0.3, 0.4) is 0 Å². The first kappa shape index (κ1) is 18.9. The number of aryl methyl sites for hydroxylation is 1. The molecule has 2 aromatic heterocycles. The van der Waals surface area contributed by atoms with Gasteiger partial charge in [-0.3, -0.25) is 9.36 Å². The van der Waals surface area contributed by atoms with Crippen LogP contribution in [0.15, 0.2) is 83.8 Å². The molecule has 0 atom stereocenters. The zero-order valence-electron chi connectivity index (χ0n) is 17.3. The van der Waals surface area contributed by atoms with Gasteiger partial charge in [0, 0.05) is 29.7 Å². The fourth-order valence-electron chi connectivity index (χ4n) is 3.91. The lowest BCUT2D eigenvalue weighted by Crippen LogP contribution is -2.22. The summed E-state index contributed by atoms with van der Waals surface area (Å²) < 4.78 is 9.00. The summed E-state index contributed by atoms with van der Waals surface area (Å²) in [6.07, 6.45) is 6.00. The van der Waals surface area contributed by atoms with Crippen LogP contribution in [0.2, 0.25) is 0 Å². The maximum atomic E-state index is 13.4. The fraction of sp³-hybridized carbons (Fsp3) is 0.0769. The Morgan fingerprint density at radius 2 is 1.58 bits per heavy atom. The van der Waals surface area contributed by atoms with Gasteiger partial charge in [-0.2, -0.15) is 0 Å². The van der Waals surface area contributed by atoms with E-state index in [2.05, 4.69) is 22.9 Å². The van der Waals surface area contributed by atoms with Crippen LogP contribution >= 0.6 is 0 Å². The molecule has 31 heavy (non-hydrogen) atoms. The number of aromatic nitrogens is 3. The SMILES string of the molecule is COc1ccc(-n2c(C=Cc3cn(C)c4ccccc34)nc3ccccc3c2=O)cc1. The number of hydrogen-bond donors (Lipinski definition) is 0. The van der Waals surface area contributed by atoms with Gasteiger partial charge in [0.1, 0.15) is 11.6 Å². The molecule has 0 aliphatic carbocycles. The van der Waals surface area contributed by atoms with E-state index in [1.54, 1.807) is 11.7 Å². The first-order valence-electron chi connectivity index (χ1n) is 10.0. The summed E-state index contributed by atoms with van der Waals surface area (Å²) in [5.41, 5.74) is 3.53. The van der Waals surface area contributed by atoms with E-state index in [0.29, 0.717) is 16.7 Å². The van der Waals surface area contributed by atoms with Gasteiger partial charge >= 0.3 is 0 Å². The van der Waals surface area contributed by atoms with Crippen molar-refractivity contribution in [2.45, 2.75) is 0 Å². The van der Waals surface area contributed by atoms with Gasteiger partial charge in [-0.15, -0.1) is 0 Å². The number of hydrogen-bond acceptors (Lipinski definition) is 3. The van der Waals surface area contributed by atoms with Gasteiger partial charge in [0.05, 0.1) is 23.7 Å². The summed E-state index contributed by atoms with van der Waals surface area (Å²) in [7, 11) is 3.65. The van der Waals surface area contributed by atoms with E-state index >= 15 is 0 Å². The van der Waals surface area contributed by atoms with Crippen LogP contribution in [-0.2, 0) is 7.05 Å². The van der Waals surface area contributed by atoms with E-state index < -0.39 is 0 Å². The molecule has 0 fully saturated rings. The molecule has 0 amide bonds. The van der Waals surface area contributed by atoms with Gasteiger partial charge in [-0.25, -0.2) is 4.98 Å². The van der Waals surface area contributed by atoms with Crippen LogP contribution in [0, 0.1) is 0 Å². The summed E-state index contributed by atoms with van der Waals surface area (Å²) in [6.45, 7) is 0. The average Bonchev–Trinajstić information content (AvgIpc) is 3.14. The Hall–Kier alpha value is -4.12. The van der Waals surface area contributed by atoms with E-state index in [1.165, 1.54) is 0 Å². The molecule has 0 spiro atoms. The van der Waals surface area contributed by atoms with E-state index in [-0.39, 0.29) is 5.56 Å². The van der Waals surface area contributed by atoms with Gasteiger partial charge in [0.15, 0.2) is 0 Å². The molecular formula is C26H21N3O2. The summed E-state index contributed by atoms with van der Waals surface area (Å²) in [4.78, 5) is 18.2. The number of ether oxygens (including phenoxy) is 1. The molecule has 0 aliphatic rings. The molecule has 5 rings (SSSR count). The molecule has 0 saturated heterocycles. The molecule has 0 aliphatic heterocycles. The quantitative estimate of drug-likeness (QED) is 0.419. The number of rotatable bonds is 4. The minimum atomic E-state index is -0.103. The predicted molar refractivity (Wildman–Crippen MR) is 126 cm³/mol. The first-order chi connectivity index (χ1) is 15.2. The van der Waals surface area contributed by atoms with Gasteiger partial charge in [0.2, 0.25) is 0 Å². The predicted octanol–water partition coefficient (Wildman–Crippen LogP) is 5.06. The number of para-hydroxylation sites is 2. The lowest BCUT2D eigenvalue weighted by Gasteiger charge is -2.12. The minimum absolute atomic E-state index is 0.103. The van der Waals surface area contributed by atoms with Crippen molar-refractivity contribution in [3.05, 3.63) is 101 Å². The van der Waals surface area contributed by atoms with E-state index in [0.717, 1.165) is 27.9 Å². The average molecular weight is 407 g/mol.